The first kappa shape index (κ1) is 14.6. The molecule has 1 fully saturated rings. The highest BCUT2D eigenvalue weighted by Crippen LogP contribution is 2.18. The molecule has 1 saturated heterocycles. The van der Waals surface area contributed by atoms with Crippen LogP contribution in [0.4, 0.5) is 0 Å². The Balaban J connectivity index is 1.92. The van der Waals surface area contributed by atoms with Gasteiger partial charge in [-0.25, -0.2) is 0 Å². The Morgan fingerprint density at radius 3 is 3.00 bits per heavy atom. The second-order valence-corrected chi connectivity index (χ2v) is 7.12. The minimum absolute atomic E-state index is 0.173. The third-order valence-corrected chi connectivity index (χ3v) is 5.11. The van der Waals surface area contributed by atoms with Gasteiger partial charge in [0.25, 0.3) is 10.2 Å². The molecule has 1 aromatic heterocycles. The third kappa shape index (κ3) is 4.06. The highest BCUT2D eigenvalue weighted by molar-refractivity contribution is 7.87. The minimum Gasteiger partial charge on any atom is -0.469 e. The van der Waals surface area contributed by atoms with Gasteiger partial charge in [-0.3, -0.25) is 0 Å². The van der Waals surface area contributed by atoms with Gasteiger partial charge in [0, 0.05) is 25.6 Å². The van der Waals surface area contributed by atoms with Crippen molar-refractivity contribution >= 4 is 10.2 Å². The van der Waals surface area contributed by atoms with E-state index >= 15 is 0 Å². The van der Waals surface area contributed by atoms with E-state index in [2.05, 4.69) is 11.6 Å². The molecule has 6 heteroatoms. The first-order valence-electron chi connectivity index (χ1n) is 6.77. The van der Waals surface area contributed by atoms with Crippen LogP contribution in [-0.4, -0.2) is 31.9 Å². The van der Waals surface area contributed by atoms with Crippen LogP contribution >= 0.6 is 0 Å². The van der Waals surface area contributed by atoms with Crippen molar-refractivity contribution in [3.63, 3.8) is 0 Å². The molecule has 1 N–H and O–H groups in total. The van der Waals surface area contributed by atoms with Gasteiger partial charge in [-0.1, -0.05) is 6.92 Å². The molecule has 0 unspecified atom stereocenters. The standard InChI is InChI=1S/C13H22N2O3S/c1-11-5-3-7-15(10-11)19(16,17)14-12(2)9-13-6-4-8-18-13/h4,6,8,11-12,14H,3,5,7,9-10H2,1-2H3/t11-,12-/m1/s1. The zero-order chi connectivity index (χ0) is 13.9. The predicted molar refractivity (Wildman–Crippen MR) is 73.9 cm³/mol. The summed E-state index contributed by atoms with van der Waals surface area (Å²) in [6.07, 6.45) is 4.21. The molecule has 108 valence electrons. The molecular weight excluding hydrogens is 264 g/mol. The van der Waals surface area contributed by atoms with Crippen LogP contribution in [-0.2, 0) is 16.6 Å². The van der Waals surface area contributed by atoms with Crippen LogP contribution in [0.2, 0.25) is 0 Å². The van der Waals surface area contributed by atoms with Crippen LogP contribution in [0.1, 0.15) is 32.4 Å². The van der Waals surface area contributed by atoms with Crippen LogP contribution in [0.3, 0.4) is 0 Å². The number of hydrogen-bond donors (Lipinski definition) is 1. The van der Waals surface area contributed by atoms with Crippen molar-refractivity contribution in [3.05, 3.63) is 24.2 Å². The SMILES string of the molecule is C[C@@H]1CCCN(S(=O)(=O)N[C@H](C)Cc2ccco2)C1. The van der Waals surface area contributed by atoms with Crippen LogP contribution in [0.25, 0.3) is 0 Å². The molecule has 0 radical (unpaired) electrons. The Kier molecular flexibility index (Phi) is 4.65. The average molecular weight is 286 g/mol. The van der Waals surface area contributed by atoms with Gasteiger partial charge in [-0.05, 0) is 37.8 Å². The van der Waals surface area contributed by atoms with E-state index in [0.29, 0.717) is 25.4 Å². The largest absolute Gasteiger partial charge is 0.469 e. The van der Waals surface area contributed by atoms with E-state index in [0.717, 1.165) is 18.6 Å². The van der Waals surface area contributed by atoms with Crippen molar-refractivity contribution in [3.8, 4) is 0 Å². The molecule has 0 aromatic carbocycles. The fourth-order valence-corrected chi connectivity index (χ4v) is 4.03. The summed E-state index contributed by atoms with van der Waals surface area (Å²) in [5.41, 5.74) is 0. The summed E-state index contributed by atoms with van der Waals surface area (Å²) in [7, 11) is -3.38. The number of nitrogens with zero attached hydrogens (tertiary/aromatic N) is 1. The first-order chi connectivity index (χ1) is 8.97. The van der Waals surface area contributed by atoms with Gasteiger partial charge < -0.3 is 4.42 Å². The molecule has 19 heavy (non-hydrogen) atoms. The molecule has 0 amide bonds. The van der Waals surface area contributed by atoms with E-state index in [1.807, 2.05) is 19.1 Å². The maximum absolute atomic E-state index is 12.3. The topological polar surface area (TPSA) is 62.6 Å². The predicted octanol–water partition coefficient (Wildman–Crippen LogP) is 1.78. The van der Waals surface area contributed by atoms with Crippen LogP contribution in [0, 0.1) is 5.92 Å². The number of hydrogen-bond acceptors (Lipinski definition) is 3. The number of furan rings is 1. The zero-order valence-electron chi connectivity index (χ0n) is 11.5. The third-order valence-electron chi connectivity index (χ3n) is 3.40. The monoisotopic (exact) mass is 286 g/mol. The number of piperidine rings is 1. The lowest BCUT2D eigenvalue weighted by Crippen LogP contribution is -2.48. The van der Waals surface area contributed by atoms with Gasteiger partial charge in [-0.2, -0.15) is 17.4 Å². The van der Waals surface area contributed by atoms with E-state index in [-0.39, 0.29) is 6.04 Å². The Hall–Kier alpha value is -0.850. The van der Waals surface area contributed by atoms with Crippen LogP contribution < -0.4 is 4.72 Å². The molecule has 5 nitrogen and oxygen atoms in total. The maximum atomic E-state index is 12.3. The Bertz CT molecular complexity index is 484. The summed E-state index contributed by atoms with van der Waals surface area (Å²) in [6.45, 7) is 5.18. The Morgan fingerprint density at radius 1 is 1.58 bits per heavy atom. The van der Waals surface area contributed by atoms with Gasteiger partial charge in [0.2, 0.25) is 0 Å². The quantitative estimate of drug-likeness (QED) is 0.897. The lowest BCUT2D eigenvalue weighted by molar-refractivity contribution is 0.276. The van der Waals surface area contributed by atoms with E-state index < -0.39 is 10.2 Å². The highest BCUT2D eigenvalue weighted by Gasteiger charge is 2.28. The van der Waals surface area contributed by atoms with E-state index in [1.165, 1.54) is 0 Å². The second-order valence-electron chi connectivity index (χ2n) is 5.41. The molecule has 0 aliphatic carbocycles. The normalized spacial score (nSPS) is 23.4. The van der Waals surface area contributed by atoms with Gasteiger partial charge in [0.05, 0.1) is 6.26 Å². The van der Waals surface area contributed by atoms with Crippen molar-refractivity contribution in [1.82, 2.24) is 9.03 Å². The van der Waals surface area contributed by atoms with Crippen molar-refractivity contribution in [1.29, 1.82) is 0 Å². The molecule has 2 rings (SSSR count). The fraction of sp³-hybridized carbons (Fsp3) is 0.692. The maximum Gasteiger partial charge on any atom is 0.279 e. The molecule has 0 saturated carbocycles. The summed E-state index contributed by atoms with van der Waals surface area (Å²) >= 11 is 0. The van der Waals surface area contributed by atoms with E-state index in [1.54, 1.807) is 10.6 Å². The van der Waals surface area contributed by atoms with Crippen molar-refractivity contribution in [2.24, 2.45) is 5.92 Å². The summed E-state index contributed by atoms with van der Waals surface area (Å²) in [4.78, 5) is 0. The molecule has 1 aromatic rings. The Morgan fingerprint density at radius 2 is 2.37 bits per heavy atom. The minimum atomic E-state index is -3.38. The summed E-state index contributed by atoms with van der Waals surface area (Å²) < 4.78 is 34.0. The number of rotatable bonds is 5. The van der Waals surface area contributed by atoms with Gasteiger partial charge >= 0.3 is 0 Å². The average Bonchev–Trinajstić information content (AvgIpc) is 2.81. The summed E-state index contributed by atoms with van der Waals surface area (Å²) in [5.74, 6) is 1.23. The molecule has 0 spiro atoms. The smallest absolute Gasteiger partial charge is 0.279 e. The molecular formula is C13H22N2O3S. The zero-order valence-corrected chi connectivity index (χ0v) is 12.3. The van der Waals surface area contributed by atoms with Crippen molar-refractivity contribution < 1.29 is 12.8 Å². The molecule has 1 aliphatic heterocycles. The molecule has 2 heterocycles. The molecule has 2 atom stereocenters. The van der Waals surface area contributed by atoms with Gasteiger partial charge in [0.1, 0.15) is 5.76 Å². The van der Waals surface area contributed by atoms with Crippen molar-refractivity contribution in [2.45, 2.75) is 39.2 Å². The lowest BCUT2D eigenvalue weighted by atomic mass is 10.0. The van der Waals surface area contributed by atoms with E-state index in [4.69, 9.17) is 4.42 Å². The van der Waals surface area contributed by atoms with Crippen LogP contribution in [0.5, 0.6) is 0 Å². The summed E-state index contributed by atoms with van der Waals surface area (Å²) in [5, 5.41) is 0. The summed E-state index contributed by atoms with van der Waals surface area (Å²) in [6, 6.07) is 3.49. The lowest BCUT2D eigenvalue weighted by Gasteiger charge is -2.31. The van der Waals surface area contributed by atoms with Gasteiger partial charge in [-0.15, -0.1) is 0 Å². The molecule has 1 aliphatic rings. The van der Waals surface area contributed by atoms with Gasteiger partial charge in [0.15, 0.2) is 0 Å². The van der Waals surface area contributed by atoms with E-state index in [9.17, 15) is 8.42 Å². The fourth-order valence-electron chi connectivity index (χ4n) is 2.47. The molecule has 0 bridgehead atoms. The Labute approximate surface area is 115 Å². The highest BCUT2D eigenvalue weighted by atomic mass is 32.2. The first-order valence-corrected chi connectivity index (χ1v) is 8.21. The number of nitrogens with one attached hydrogen (secondary N) is 1. The second kappa shape index (κ2) is 6.07. The van der Waals surface area contributed by atoms with Crippen LogP contribution in [0.15, 0.2) is 22.8 Å². The van der Waals surface area contributed by atoms with Crippen molar-refractivity contribution in [2.75, 3.05) is 13.1 Å².